The van der Waals surface area contributed by atoms with Crippen LogP contribution in [0.25, 0.3) is 20.1 Å². The van der Waals surface area contributed by atoms with Crippen LogP contribution in [0.3, 0.4) is 0 Å². The third-order valence-electron chi connectivity index (χ3n) is 3.98. The van der Waals surface area contributed by atoms with Crippen LogP contribution in [-0.2, 0) is 4.74 Å². The van der Waals surface area contributed by atoms with Crippen molar-refractivity contribution in [1.82, 2.24) is 10.3 Å². The van der Waals surface area contributed by atoms with Crippen molar-refractivity contribution in [2.24, 2.45) is 0 Å². The predicted octanol–water partition coefficient (Wildman–Crippen LogP) is 2.90. The van der Waals surface area contributed by atoms with E-state index in [4.69, 9.17) is 4.74 Å². The second-order valence-electron chi connectivity index (χ2n) is 5.66. The second kappa shape index (κ2) is 6.60. The van der Waals surface area contributed by atoms with E-state index in [1.807, 2.05) is 36.4 Å². The normalized spacial score (nSPS) is 21.0. The molecule has 0 saturated carbocycles. The van der Waals surface area contributed by atoms with E-state index in [2.05, 4.69) is 10.3 Å². The fraction of sp³-hybridized carbons (Fsp3) is 0.294. The van der Waals surface area contributed by atoms with Crippen molar-refractivity contribution in [2.45, 2.75) is 18.6 Å². The number of aliphatic hydroxyl groups excluding tert-OH is 1. The standard InChI is InChI=1S/C17H16N2O3S2/c20-12-9-22-8-7-10(12)18-16(21)14-5-6-15(23-14)17-19-11-3-1-2-4-13(11)24-17/h1-6,10,12,20H,7-9H2,(H,18,21)/t10-,12-/m1/s1. The van der Waals surface area contributed by atoms with Gasteiger partial charge in [0.25, 0.3) is 5.91 Å². The minimum atomic E-state index is -0.647. The lowest BCUT2D eigenvalue weighted by atomic mass is 10.1. The maximum atomic E-state index is 12.4. The van der Waals surface area contributed by atoms with E-state index in [1.165, 1.54) is 11.3 Å². The first-order valence-corrected chi connectivity index (χ1v) is 9.36. The molecule has 3 heterocycles. The first-order chi connectivity index (χ1) is 11.7. The molecule has 2 atom stereocenters. The van der Waals surface area contributed by atoms with Gasteiger partial charge in [-0.3, -0.25) is 4.79 Å². The van der Waals surface area contributed by atoms with Gasteiger partial charge in [-0.25, -0.2) is 4.98 Å². The van der Waals surface area contributed by atoms with Gasteiger partial charge in [-0.05, 0) is 30.7 Å². The van der Waals surface area contributed by atoms with Crippen LogP contribution in [0.15, 0.2) is 36.4 Å². The fourth-order valence-electron chi connectivity index (χ4n) is 2.68. The van der Waals surface area contributed by atoms with Gasteiger partial charge in [0.15, 0.2) is 0 Å². The van der Waals surface area contributed by atoms with E-state index >= 15 is 0 Å². The Balaban J connectivity index is 1.52. The molecule has 2 N–H and O–H groups in total. The number of carbonyl (C=O) groups excluding carboxylic acids is 1. The van der Waals surface area contributed by atoms with Gasteiger partial charge in [0, 0.05) is 6.61 Å². The molecule has 5 nitrogen and oxygen atoms in total. The highest BCUT2D eigenvalue weighted by atomic mass is 32.1. The third-order valence-corrected chi connectivity index (χ3v) is 6.27. The van der Waals surface area contributed by atoms with Crippen LogP contribution < -0.4 is 5.32 Å². The summed E-state index contributed by atoms with van der Waals surface area (Å²) in [5.74, 6) is -0.154. The summed E-state index contributed by atoms with van der Waals surface area (Å²) in [5.41, 5.74) is 0.974. The lowest BCUT2D eigenvalue weighted by Gasteiger charge is -2.28. The number of thiazole rings is 1. The largest absolute Gasteiger partial charge is 0.389 e. The quantitative estimate of drug-likeness (QED) is 0.753. The smallest absolute Gasteiger partial charge is 0.261 e. The summed E-state index contributed by atoms with van der Waals surface area (Å²) in [6, 6.07) is 11.5. The highest BCUT2D eigenvalue weighted by molar-refractivity contribution is 7.26. The molecule has 0 radical (unpaired) electrons. The topological polar surface area (TPSA) is 71.5 Å². The first kappa shape index (κ1) is 15.7. The van der Waals surface area contributed by atoms with E-state index < -0.39 is 6.10 Å². The van der Waals surface area contributed by atoms with Gasteiger partial charge in [0.05, 0.1) is 38.7 Å². The minimum absolute atomic E-state index is 0.154. The van der Waals surface area contributed by atoms with E-state index in [9.17, 15) is 9.90 Å². The molecule has 1 saturated heterocycles. The number of hydrogen-bond acceptors (Lipinski definition) is 6. The molecule has 2 aromatic heterocycles. The Kier molecular flexibility index (Phi) is 4.32. The number of aromatic nitrogens is 1. The Hall–Kier alpha value is -1.80. The molecule has 24 heavy (non-hydrogen) atoms. The number of benzene rings is 1. The van der Waals surface area contributed by atoms with Crippen LogP contribution in [0, 0.1) is 0 Å². The number of thiophene rings is 1. The maximum absolute atomic E-state index is 12.4. The molecular formula is C17H16N2O3S2. The summed E-state index contributed by atoms with van der Waals surface area (Å²) >= 11 is 3.04. The summed E-state index contributed by atoms with van der Waals surface area (Å²) in [4.78, 5) is 18.6. The summed E-state index contributed by atoms with van der Waals surface area (Å²) < 4.78 is 6.32. The van der Waals surface area contributed by atoms with Crippen LogP contribution in [0.1, 0.15) is 16.1 Å². The van der Waals surface area contributed by atoms with E-state index in [0.717, 1.165) is 20.1 Å². The lowest BCUT2D eigenvalue weighted by molar-refractivity contribution is -0.0260. The van der Waals surface area contributed by atoms with Gasteiger partial charge >= 0.3 is 0 Å². The van der Waals surface area contributed by atoms with Crippen LogP contribution in [0.2, 0.25) is 0 Å². The van der Waals surface area contributed by atoms with Gasteiger partial charge in [-0.2, -0.15) is 0 Å². The number of nitrogens with zero attached hydrogens (tertiary/aromatic N) is 1. The van der Waals surface area contributed by atoms with Crippen LogP contribution in [0.5, 0.6) is 0 Å². The zero-order chi connectivity index (χ0) is 16.5. The average molecular weight is 360 g/mol. The molecule has 0 aliphatic carbocycles. The van der Waals surface area contributed by atoms with Crippen LogP contribution in [-0.4, -0.2) is 41.4 Å². The minimum Gasteiger partial charge on any atom is -0.389 e. The van der Waals surface area contributed by atoms with Gasteiger partial charge in [-0.1, -0.05) is 12.1 Å². The summed E-state index contributed by atoms with van der Waals surface area (Å²) in [7, 11) is 0. The zero-order valence-corrected chi connectivity index (χ0v) is 14.4. The Morgan fingerprint density at radius 3 is 2.96 bits per heavy atom. The molecule has 0 unspecified atom stereocenters. The molecule has 124 valence electrons. The van der Waals surface area contributed by atoms with Crippen LogP contribution in [0.4, 0.5) is 0 Å². The average Bonchev–Trinajstić information content (AvgIpc) is 3.23. The zero-order valence-electron chi connectivity index (χ0n) is 12.8. The number of rotatable bonds is 3. The molecule has 3 aromatic rings. The van der Waals surface area contributed by atoms with Crippen molar-refractivity contribution in [3.05, 3.63) is 41.3 Å². The molecule has 1 aliphatic rings. The molecule has 0 spiro atoms. The summed E-state index contributed by atoms with van der Waals surface area (Å²) in [6.45, 7) is 0.829. The molecule has 0 bridgehead atoms. The van der Waals surface area contributed by atoms with E-state index in [-0.39, 0.29) is 18.6 Å². The monoisotopic (exact) mass is 360 g/mol. The number of carbonyl (C=O) groups is 1. The number of aliphatic hydroxyl groups is 1. The molecular weight excluding hydrogens is 344 g/mol. The van der Waals surface area contributed by atoms with Crippen molar-refractivity contribution in [2.75, 3.05) is 13.2 Å². The highest BCUT2D eigenvalue weighted by Crippen LogP contribution is 2.34. The van der Waals surface area contributed by atoms with E-state index in [1.54, 1.807) is 11.3 Å². The van der Waals surface area contributed by atoms with Crippen molar-refractivity contribution >= 4 is 38.8 Å². The van der Waals surface area contributed by atoms with Gasteiger partial charge in [-0.15, -0.1) is 22.7 Å². The summed E-state index contributed by atoms with van der Waals surface area (Å²) in [6.07, 6.45) is -0.0189. The number of amides is 1. The third kappa shape index (κ3) is 3.08. The Morgan fingerprint density at radius 2 is 2.12 bits per heavy atom. The van der Waals surface area contributed by atoms with E-state index in [0.29, 0.717) is 17.9 Å². The van der Waals surface area contributed by atoms with Gasteiger partial charge in [0.1, 0.15) is 5.01 Å². The SMILES string of the molecule is O=C(N[C@@H]1CCOC[C@H]1O)c1ccc(-c2nc3ccccc3s2)s1. The summed E-state index contributed by atoms with van der Waals surface area (Å²) in [5, 5.41) is 13.7. The number of fused-ring (bicyclic) bond motifs is 1. The van der Waals surface area contributed by atoms with Gasteiger partial charge in [0.2, 0.25) is 0 Å². The van der Waals surface area contributed by atoms with Gasteiger partial charge < -0.3 is 15.2 Å². The number of hydrogen-bond donors (Lipinski definition) is 2. The fourth-order valence-corrected chi connectivity index (χ4v) is 4.61. The Bertz CT molecular complexity index is 840. The number of nitrogens with one attached hydrogen (secondary N) is 1. The number of ether oxygens (including phenoxy) is 1. The van der Waals surface area contributed by atoms with Crippen molar-refractivity contribution in [3.8, 4) is 9.88 Å². The van der Waals surface area contributed by atoms with Crippen molar-refractivity contribution < 1.29 is 14.6 Å². The second-order valence-corrected chi connectivity index (χ2v) is 7.78. The lowest BCUT2D eigenvalue weighted by Crippen LogP contribution is -2.48. The Morgan fingerprint density at radius 1 is 1.25 bits per heavy atom. The number of para-hydroxylation sites is 1. The van der Waals surface area contributed by atoms with Crippen molar-refractivity contribution in [3.63, 3.8) is 0 Å². The maximum Gasteiger partial charge on any atom is 0.261 e. The molecule has 1 fully saturated rings. The van der Waals surface area contributed by atoms with Crippen molar-refractivity contribution in [1.29, 1.82) is 0 Å². The molecule has 1 aromatic carbocycles. The molecule has 4 rings (SSSR count). The highest BCUT2D eigenvalue weighted by Gasteiger charge is 2.26. The van der Waals surface area contributed by atoms with Crippen LogP contribution >= 0.6 is 22.7 Å². The first-order valence-electron chi connectivity index (χ1n) is 7.73. The molecule has 7 heteroatoms. The molecule has 1 amide bonds. The molecule has 1 aliphatic heterocycles. The predicted molar refractivity (Wildman–Crippen MR) is 95.6 cm³/mol. The Labute approximate surface area is 146 Å².